The van der Waals surface area contributed by atoms with Gasteiger partial charge in [0.2, 0.25) is 0 Å². The lowest BCUT2D eigenvalue weighted by molar-refractivity contribution is -0.138. The number of nitrogens with zero attached hydrogens (tertiary/aromatic N) is 1. The Morgan fingerprint density at radius 2 is 1.81 bits per heavy atom. The van der Waals surface area contributed by atoms with Crippen molar-refractivity contribution in [2.45, 2.75) is 44.2 Å². The first-order chi connectivity index (χ1) is 10.1. The van der Waals surface area contributed by atoms with E-state index in [1.807, 2.05) is 17.0 Å². The van der Waals surface area contributed by atoms with Gasteiger partial charge in [0.25, 0.3) is 5.91 Å². The molecule has 0 spiro atoms. The number of carbonyl (C=O) groups excluding carboxylic acids is 1. The molecule has 0 saturated carbocycles. The number of para-hydroxylation sites is 1. The molecule has 2 saturated heterocycles. The minimum atomic E-state index is -0.744. The molecule has 2 bridgehead atoms. The van der Waals surface area contributed by atoms with Crippen molar-refractivity contribution in [1.29, 1.82) is 0 Å². The fourth-order valence-corrected chi connectivity index (χ4v) is 3.87. The average Bonchev–Trinajstić information content (AvgIpc) is 2.69. The summed E-state index contributed by atoms with van der Waals surface area (Å²) in [5.74, 6) is -0.557. The van der Waals surface area contributed by atoms with E-state index in [-0.39, 0.29) is 30.3 Å². The van der Waals surface area contributed by atoms with Crippen molar-refractivity contribution in [3.05, 3.63) is 29.8 Å². The van der Waals surface area contributed by atoms with E-state index in [2.05, 4.69) is 0 Å². The van der Waals surface area contributed by atoms with E-state index >= 15 is 0 Å². The van der Waals surface area contributed by atoms with E-state index in [4.69, 9.17) is 10.8 Å². The lowest BCUT2D eigenvalue weighted by Gasteiger charge is -2.38. The second kappa shape index (κ2) is 5.39. The number of fused-ring (bicyclic) bond motifs is 2. The summed E-state index contributed by atoms with van der Waals surface area (Å²) in [5, 5.41) is 8.95. The highest BCUT2D eigenvalue weighted by Crippen LogP contribution is 2.41. The fourth-order valence-electron chi connectivity index (χ4n) is 3.87. The first-order valence-electron chi connectivity index (χ1n) is 7.45. The first kappa shape index (κ1) is 13.9. The van der Waals surface area contributed by atoms with Crippen LogP contribution in [0.4, 0.5) is 5.69 Å². The van der Waals surface area contributed by atoms with Gasteiger partial charge in [-0.3, -0.25) is 9.59 Å². The third kappa shape index (κ3) is 2.60. The maximum atomic E-state index is 12.7. The van der Waals surface area contributed by atoms with Gasteiger partial charge in [0.15, 0.2) is 0 Å². The van der Waals surface area contributed by atoms with Gasteiger partial charge >= 0.3 is 5.97 Å². The highest BCUT2D eigenvalue weighted by atomic mass is 16.4. The van der Waals surface area contributed by atoms with Crippen LogP contribution in [-0.4, -0.2) is 34.0 Å². The summed E-state index contributed by atoms with van der Waals surface area (Å²) in [4.78, 5) is 25.6. The normalized spacial score (nSPS) is 27.6. The van der Waals surface area contributed by atoms with Crippen LogP contribution in [0.15, 0.2) is 24.3 Å². The summed E-state index contributed by atoms with van der Waals surface area (Å²) < 4.78 is 0. The Hall–Kier alpha value is -2.04. The minimum Gasteiger partial charge on any atom is -0.481 e. The van der Waals surface area contributed by atoms with E-state index < -0.39 is 5.97 Å². The number of piperidine rings is 1. The first-order valence-corrected chi connectivity index (χ1v) is 7.45. The van der Waals surface area contributed by atoms with Gasteiger partial charge < -0.3 is 15.7 Å². The molecule has 2 fully saturated rings. The second-order valence-corrected chi connectivity index (χ2v) is 6.12. The van der Waals surface area contributed by atoms with Crippen LogP contribution in [-0.2, 0) is 4.79 Å². The smallest absolute Gasteiger partial charge is 0.303 e. The molecule has 21 heavy (non-hydrogen) atoms. The summed E-state index contributed by atoms with van der Waals surface area (Å²) in [6, 6.07) is 7.48. The van der Waals surface area contributed by atoms with Gasteiger partial charge in [-0.15, -0.1) is 0 Å². The molecule has 3 rings (SSSR count). The van der Waals surface area contributed by atoms with Crippen LogP contribution in [0.1, 0.15) is 42.5 Å². The van der Waals surface area contributed by atoms with E-state index in [0.717, 1.165) is 25.7 Å². The summed E-state index contributed by atoms with van der Waals surface area (Å²) in [7, 11) is 0. The molecule has 0 aromatic heterocycles. The molecule has 112 valence electrons. The van der Waals surface area contributed by atoms with Crippen molar-refractivity contribution in [1.82, 2.24) is 4.90 Å². The molecule has 2 heterocycles. The van der Waals surface area contributed by atoms with Crippen LogP contribution in [0.25, 0.3) is 0 Å². The molecule has 5 nitrogen and oxygen atoms in total. The molecule has 2 aliphatic rings. The van der Waals surface area contributed by atoms with Gasteiger partial charge in [0.05, 0.1) is 5.56 Å². The van der Waals surface area contributed by atoms with Crippen molar-refractivity contribution in [2.24, 2.45) is 5.92 Å². The number of carboxylic acid groups (broad SMARTS) is 1. The van der Waals surface area contributed by atoms with Crippen molar-refractivity contribution in [3.8, 4) is 0 Å². The van der Waals surface area contributed by atoms with E-state index in [1.165, 1.54) is 0 Å². The zero-order valence-electron chi connectivity index (χ0n) is 11.9. The van der Waals surface area contributed by atoms with Crippen LogP contribution in [0.3, 0.4) is 0 Å². The Bertz CT molecular complexity index is 558. The molecule has 2 atom stereocenters. The molecule has 1 amide bonds. The van der Waals surface area contributed by atoms with Crippen molar-refractivity contribution in [3.63, 3.8) is 0 Å². The largest absolute Gasteiger partial charge is 0.481 e. The Kier molecular flexibility index (Phi) is 3.57. The van der Waals surface area contributed by atoms with Crippen LogP contribution < -0.4 is 5.73 Å². The second-order valence-electron chi connectivity index (χ2n) is 6.12. The van der Waals surface area contributed by atoms with Crippen LogP contribution in [0, 0.1) is 5.92 Å². The third-order valence-corrected chi connectivity index (χ3v) is 4.72. The van der Waals surface area contributed by atoms with E-state index in [1.54, 1.807) is 12.1 Å². The van der Waals surface area contributed by atoms with Gasteiger partial charge in [0, 0.05) is 24.2 Å². The molecule has 3 N–H and O–H groups in total. The monoisotopic (exact) mass is 288 g/mol. The number of amides is 1. The predicted molar refractivity (Wildman–Crippen MR) is 78.8 cm³/mol. The fraction of sp³-hybridized carbons (Fsp3) is 0.500. The molecule has 5 heteroatoms. The van der Waals surface area contributed by atoms with E-state index in [9.17, 15) is 9.59 Å². The molecule has 1 aromatic carbocycles. The predicted octanol–water partition coefficient (Wildman–Crippen LogP) is 2.13. The Labute approximate surface area is 123 Å². The Balaban J connectivity index is 1.78. The number of benzene rings is 1. The maximum Gasteiger partial charge on any atom is 0.303 e. The van der Waals surface area contributed by atoms with Crippen molar-refractivity contribution >= 4 is 17.6 Å². The number of hydrogen-bond donors (Lipinski definition) is 2. The minimum absolute atomic E-state index is 0.00521. The Morgan fingerprint density at radius 1 is 1.19 bits per heavy atom. The summed E-state index contributed by atoms with van der Waals surface area (Å²) in [5.41, 5.74) is 6.98. The average molecular weight is 288 g/mol. The molecular weight excluding hydrogens is 268 g/mol. The number of nitrogen functional groups attached to an aromatic ring is 1. The molecule has 2 aliphatic heterocycles. The number of carboxylic acids is 1. The highest BCUT2D eigenvalue weighted by Gasteiger charge is 2.43. The quantitative estimate of drug-likeness (QED) is 0.835. The molecule has 0 aliphatic carbocycles. The van der Waals surface area contributed by atoms with Crippen LogP contribution >= 0.6 is 0 Å². The molecule has 2 unspecified atom stereocenters. The van der Waals surface area contributed by atoms with Crippen LogP contribution in [0.5, 0.6) is 0 Å². The summed E-state index contributed by atoms with van der Waals surface area (Å²) in [6.45, 7) is 0. The maximum absolute atomic E-state index is 12.7. The number of nitrogens with two attached hydrogens (primary N) is 1. The summed E-state index contributed by atoms with van der Waals surface area (Å²) >= 11 is 0. The zero-order valence-corrected chi connectivity index (χ0v) is 11.9. The van der Waals surface area contributed by atoms with Gasteiger partial charge in [-0.05, 0) is 43.7 Å². The van der Waals surface area contributed by atoms with Crippen molar-refractivity contribution < 1.29 is 14.7 Å². The van der Waals surface area contributed by atoms with Gasteiger partial charge in [-0.1, -0.05) is 12.1 Å². The van der Waals surface area contributed by atoms with Crippen molar-refractivity contribution in [2.75, 3.05) is 5.73 Å². The van der Waals surface area contributed by atoms with Gasteiger partial charge in [0.1, 0.15) is 0 Å². The van der Waals surface area contributed by atoms with Gasteiger partial charge in [-0.25, -0.2) is 0 Å². The number of carbonyl (C=O) groups is 2. The number of rotatable bonds is 3. The molecule has 0 radical (unpaired) electrons. The number of hydrogen-bond acceptors (Lipinski definition) is 3. The Morgan fingerprint density at radius 3 is 2.38 bits per heavy atom. The number of aliphatic carboxylic acids is 1. The van der Waals surface area contributed by atoms with E-state index in [0.29, 0.717) is 11.3 Å². The summed E-state index contributed by atoms with van der Waals surface area (Å²) in [6.07, 6.45) is 3.74. The van der Waals surface area contributed by atoms with Gasteiger partial charge in [-0.2, -0.15) is 0 Å². The lowest BCUT2D eigenvalue weighted by Crippen LogP contribution is -2.47. The van der Waals surface area contributed by atoms with Crippen LogP contribution in [0.2, 0.25) is 0 Å². The molecular formula is C16H20N2O3. The highest BCUT2D eigenvalue weighted by molar-refractivity contribution is 5.99. The SMILES string of the molecule is Nc1ccccc1C(=O)N1C2CCC1CC(CC(=O)O)C2. The number of anilines is 1. The lowest BCUT2D eigenvalue weighted by atomic mass is 9.87. The standard InChI is InChI=1S/C16H20N2O3/c17-14-4-2-1-3-13(14)16(21)18-11-5-6-12(18)8-10(7-11)9-15(19)20/h1-4,10-12H,5-9,17H2,(H,19,20). The molecule has 1 aromatic rings. The third-order valence-electron chi connectivity index (χ3n) is 4.72. The zero-order chi connectivity index (χ0) is 15.0. The topological polar surface area (TPSA) is 83.6 Å².